The normalized spacial score (nSPS) is 23.7. The quantitative estimate of drug-likeness (QED) is 0.828. The predicted octanol–water partition coefficient (Wildman–Crippen LogP) is 2.45. The standard InChI is InChI=1S/C17H29N3O4/c1-7-22-14-8-13(19-16(21)23-17(4,5)6)15(14)18-9-12-10(2)20-24-11(12)3/h13-15,18H,7-9H2,1-6H3,(H,19,21). The van der Waals surface area contributed by atoms with Gasteiger partial charge in [0.15, 0.2) is 0 Å². The average Bonchev–Trinajstić information content (AvgIpc) is 2.76. The Bertz CT molecular complexity index is 545. The Hall–Kier alpha value is -1.60. The molecular formula is C17H29N3O4. The number of nitrogens with one attached hydrogen (secondary N) is 2. The van der Waals surface area contributed by atoms with Gasteiger partial charge >= 0.3 is 6.09 Å². The zero-order valence-electron chi connectivity index (χ0n) is 15.4. The summed E-state index contributed by atoms with van der Waals surface area (Å²) in [7, 11) is 0. The highest BCUT2D eigenvalue weighted by Crippen LogP contribution is 2.26. The van der Waals surface area contributed by atoms with Crippen molar-refractivity contribution in [2.75, 3.05) is 6.61 Å². The van der Waals surface area contributed by atoms with Crippen molar-refractivity contribution in [1.82, 2.24) is 15.8 Å². The van der Waals surface area contributed by atoms with E-state index in [-0.39, 0.29) is 18.2 Å². The molecule has 1 fully saturated rings. The van der Waals surface area contributed by atoms with Crippen molar-refractivity contribution in [2.45, 2.75) is 78.3 Å². The van der Waals surface area contributed by atoms with Gasteiger partial charge in [0.1, 0.15) is 11.4 Å². The fraction of sp³-hybridized carbons (Fsp3) is 0.765. The highest BCUT2D eigenvalue weighted by Gasteiger charge is 2.43. The molecule has 1 aliphatic carbocycles. The molecule has 1 aromatic heterocycles. The number of hydrogen-bond donors (Lipinski definition) is 2. The van der Waals surface area contributed by atoms with E-state index in [2.05, 4.69) is 15.8 Å². The van der Waals surface area contributed by atoms with Crippen LogP contribution in [0.1, 0.15) is 51.1 Å². The first kappa shape index (κ1) is 18.7. The fourth-order valence-corrected chi connectivity index (χ4v) is 2.85. The Balaban J connectivity index is 1.93. The number of hydrogen-bond acceptors (Lipinski definition) is 6. The second-order valence-electron chi connectivity index (χ2n) is 7.19. The lowest BCUT2D eigenvalue weighted by Crippen LogP contribution is -2.66. The number of amides is 1. The van der Waals surface area contributed by atoms with Gasteiger partial charge in [-0.25, -0.2) is 4.79 Å². The lowest BCUT2D eigenvalue weighted by atomic mass is 9.82. The summed E-state index contributed by atoms with van der Waals surface area (Å²) in [5, 5.41) is 10.4. The van der Waals surface area contributed by atoms with Crippen LogP contribution in [0.15, 0.2) is 4.52 Å². The van der Waals surface area contributed by atoms with Gasteiger partial charge < -0.3 is 24.6 Å². The Labute approximate surface area is 143 Å². The van der Waals surface area contributed by atoms with Crippen LogP contribution in [0.2, 0.25) is 0 Å². The minimum atomic E-state index is -0.507. The second-order valence-corrected chi connectivity index (χ2v) is 7.19. The van der Waals surface area contributed by atoms with Crippen LogP contribution in [0.4, 0.5) is 4.79 Å². The molecule has 0 bridgehead atoms. The van der Waals surface area contributed by atoms with E-state index >= 15 is 0 Å². The first-order chi connectivity index (χ1) is 11.2. The van der Waals surface area contributed by atoms with Gasteiger partial charge in [0.25, 0.3) is 0 Å². The van der Waals surface area contributed by atoms with Crippen LogP contribution in [0.25, 0.3) is 0 Å². The van der Waals surface area contributed by atoms with E-state index in [1.807, 2.05) is 41.5 Å². The number of ether oxygens (including phenoxy) is 2. The van der Waals surface area contributed by atoms with E-state index in [1.54, 1.807) is 0 Å². The van der Waals surface area contributed by atoms with Gasteiger partial charge in [-0.1, -0.05) is 5.16 Å². The molecule has 3 atom stereocenters. The number of carbonyl (C=O) groups excluding carboxylic acids is 1. The van der Waals surface area contributed by atoms with Gasteiger partial charge in [0.2, 0.25) is 0 Å². The largest absolute Gasteiger partial charge is 0.444 e. The molecule has 7 nitrogen and oxygen atoms in total. The molecule has 2 N–H and O–H groups in total. The number of carbonyl (C=O) groups is 1. The Morgan fingerprint density at radius 1 is 1.38 bits per heavy atom. The van der Waals surface area contributed by atoms with Crippen molar-refractivity contribution < 1.29 is 18.8 Å². The molecule has 0 saturated heterocycles. The van der Waals surface area contributed by atoms with Crippen LogP contribution < -0.4 is 10.6 Å². The molecule has 0 spiro atoms. The molecular weight excluding hydrogens is 310 g/mol. The van der Waals surface area contributed by atoms with Crippen molar-refractivity contribution in [1.29, 1.82) is 0 Å². The smallest absolute Gasteiger partial charge is 0.407 e. The van der Waals surface area contributed by atoms with Crippen molar-refractivity contribution >= 4 is 6.09 Å². The van der Waals surface area contributed by atoms with Crippen molar-refractivity contribution in [3.8, 4) is 0 Å². The van der Waals surface area contributed by atoms with E-state index in [4.69, 9.17) is 14.0 Å². The number of aromatic nitrogens is 1. The Morgan fingerprint density at radius 2 is 2.08 bits per heavy atom. The summed E-state index contributed by atoms with van der Waals surface area (Å²) in [4.78, 5) is 12.0. The number of aryl methyl sites for hydroxylation is 2. The average molecular weight is 339 g/mol. The summed E-state index contributed by atoms with van der Waals surface area (Å²) in [6.07, 6.45) is 0.453. The van der Waals surface area contributed by atoms with Gasteiger partial charge in [0.05, 0.1) is 23.9 Å². The van der Waals surface area contributed by atoms with Crippen molar-refractivity contribution in [3.05, 3.63) is 17.0 Å². The highest BCUT2D eigenvalue weighted by atomic mass is 16.6. The van der Waals surface area contributed by atoms with Crippen LogP contribution >= 0.6 is 0 Å². The maximum Gasteiger partial charge on any atom is 0.407 e. The first-order valence-corrected chi connectivity index (χ1v) is 8.47. The SMILES string of the molecule is CCOC1CC(NC(=O)OC(C)(C)C)C1NCc1c(C)noc1C. The highest BCUT2D eigenvalue weighted by molar-refractivity contribution is 5.68. The van der Waals surface area contributed by atoms with Gasteiger partial charge in [0, 0.05) is 18.7 Å². The molecule has 0 aromatic carbocycles. The summed E-state index contributed by atoms with van der Waals surface area (Å²) < 4.78 is 16.3. The molecule has 1 amide bonds. The van der Waals surface area contributed by atoms with Crippen LogP contribution in [0.5, 0.6) is 0 Å². The summed E-state index contributed by atoms with van der Waals surface area (Å²) in [6, 6.07) is 0.0167. The maximum atomic E-state index is 12.0. The zero-order valence-corrected chi connectivity index (χ0v) is 15.4. The molecule has 1 aliphatic rings. The van der Waals surface area contributed by atoms with E-state index < -0.39 is 11.7 Å². The second kappa shape index (κ2) is 7.53. The maximum absolute atomic E-state index is 12.0. The molecule has 1 aromatic rings. The van der Waals surface area contributed by atoms with Crippen molar-refractivity contribution in [2.24, 2.45) is 0 Å². The number of nitrogens with zero attached hydrogens (tertiary/aromatic N) is 1. The molecule has 136 valence electrons. The molecule has 3 unspecified atom stereocenters. The van der Waals surface area contributed by atoms with Crippen LogP contribution in [-0.4, -0.2) is 41.6 Å². The Morgan fingerprint density at radius 3 is 2.62 bits per heavy atom. The molecule has 24 heavy (non-hydrogen) atoms. The van der Waals surface area contributed by atoms with Gasteiger partial charge in [-0.05, 0) is 48.0 Å². The summed E-state index contributed by atoms with van der Waals surface area (Å²) in [6.45, 7) is 12.6. The number of alkyl carbamates (subject to hydrolysis) is 1. The third-order valence-electron chi connectivity index (χ3n) is 4.10. The monoisotopic (exact) mass is 339 g/mol. The minimum Gasteiger partial charge on any atom is -0.444 e. The Kier molecular flexibility index (Phi) is 5.87. The van der Waals surface area contributed by atoms with Crippen molar-refractivity contribution in [3.63, 3.8) is 0 Å². The fourth-order valence-electron chi connectivity index (χ4n) is 2.85. The van der Waals surface area contributed by atoms with Crippen LogP contribution in [0, 0.1) is 13.8 Å². The van der Waals surface area contributed by atoms with Gasteiger partial charge in [-0.2, -0.15) is 0 Å². The summed E-state index contributed by atoms with van der Waals surface area (Å²) in [5.41, 5.74) is 1.42. The lowest BCUT2D eigenvalue weighted by molar-refractivity contribution is -0.0438. The molecule has 7 heteroatoms. The molecule has 0 aliphatic heterocycles. The van der Waals surface area contributed by atoms with E-state index in [0.29, 0.717) is 13.2 Å². The first-order valence-electron chi connectivity index (χ1n) is 8.47. The van der Waals surface area contributed by atoms with Gasteiger partial charge in [-0.15, -0.1) is 0 Å². The third kappa shape index (κ3) is 4.70. The summed E-state index contributed by atoms with van der Waals surface area (Å²) in [5.74, 6) is 0.809. The van der Waals surface area contributed by atoms with Crippen LogP contribution in [-0.2, 0) is 16.0 Å². The zero-order chi connectivity index (χ0) is 17.9. The topological polar surface area (TPSA) is 85.6 Å². The third-order valence-corrected chi connectivity index (χ3v) is 4.10. The number of rotatable bonds is 6. The lowest BCUT2D eigenvalue weighted by Gasteiger charge is -2.45. The summed E-state index contributed by atoms with van der Waals surface area (Å²) >= 11 is 0. The molecule has 1 saturated carbocycles. The minimum absolute atomic E-state index is 0.0168. The van der Waals surface area contributed by atoms with Crippen LogP contribution in [0.3, 0.4) is 0 Å². The molecule has 1 heterocycles. The van der Waals surface area contributed by atoms with Gasteiger partial charge in [-0.3, -0.25) is 0 Å². The molecule has 2 rings (SSSR count). The molecule has 0 radical (unpaired) electrons. The van der Waals surface area contributed by atoms with E-state index in [0.717, 1.165) is 23.4 Å². The van der Waals surface area contributed by atoms with E-state index in [9.17, 15) is 4.79 Å². The predicted molar refractivity (Wildman–Crippen MR) is 89.8 cm³/mol. The van der Waals surface area contributed by atoms with E-state index in [1.165, 1.54) is 0 Å².